The standard InChI is InChI=1S/C16H16FNO2S/c1-20-16(19)10-5-6-12(17)14(9-10)18-13-3-2-4-15-11(13)7-8-21-15/h5-9,13,18H,2-4H2,1H3. The minimum absolute atomic E-state index is 0.0994. The highest BCUT2D eigenvalue weighted by molar-refractivity contribution is 7.10. The Kier molecular flexibility index (Phi) is 3.92. The van der Waals surface area contributed by atoms with Crippen molar-refractivity contribution in [2.75, 3.05) is 12.4 Å². The summed E-state index contributed by atoms with van der Waals surface area (Å²) in [6, 6.07) is 6.44. The Balaban J connectivity index is 1.87. The van der Waals surface area contributed by atoms with E-state index in [-0.39, 0.29) is 11.9 Å². The minimum atomic E-state index is -0.460. The molecule has 0 saturated carbocycles. The zero-order chi connectivity index (χ0) is 14.8. The van der Waals surface area contributed by atoms with Gasteiger partial charge < -0.3 is 10.1 Å². The molecule has 1 heterocycles. The number of thiophene rings is 1. The molecule has 0 amide bonds. The maximum absolute atomic E-state index is 14.0. The highest BCUT2D eigenvalue weighted by Crippen LogP contribution is 2.36. The van der Waals surface area contributed by atoms with Crippen LogP contribution in [-0.2, 0) is 11.2 Å². The van der Waals surface area contributed by atoms with E-state index in [1.54, 1.807) is 11.3 Å². The van der Waals surface area contributed by atoms with Gasteiger partial charge in [0, 0.05) is 4.88 Å². The van der Waals surface area contributed by atoms with Gasteiger partial charge >= 0.3 is 5.97 Å². The lowest BCUT2D eigenvalue weighted by Crippen LogP contribution is -2.16. The molecular formula is C16H16FNO2S. The van der Waals surface area contributed by atoms with E-state index >= 15 is 0 Å². The second-order valence-corrected chi connectivity index (χ2v) is 6.08. The van der Waals surface area contributed by atoms with Gasteiger partial charge in [0.2, 0.25) is 0 Å². The smallest absolute Gasteiger partial charge is 0.337 e. The summed E-state index contributed by atoms with van der Waals surface area (Å²) < 4.78 is 18.7. The summed E-state index contributed by atoms with van der Waals surface area (Å²) in [5.74, 6) is -0.817. The summed E-state index contributed by atoms with van der Waals surface area (Å²) >= 11 is 1.75. The van der Waals surface area contributed by atoms with Gasteiger partial charge in [0.25, 0.3) is 0 Å². The number of carbonyl (C=O) groups is 1. The molecule has 0 radical (unpaired) electrons. The Morgan fingerprint density at radius 1 is 1.43 bits per heavy atom. The lowest BCUT2D eigenvalue weighted by molar-refractivity contribution is 0.0600. The van der Waals surface area contributed by atoms with Crippen molar-refractivity contribution in [2.45, 2.75) is 25.3 Å². The molecule has 3 nitrogen and oxygen atoms in total. The highest BCUT2D eigenvalue weighted by Gasteiger charge is 2.22. The van der Waals surface area contributed by atoms with Crippen LogP contribution in [0.1, 0.15) is 39.7 Å². The van der Waals surface area contributed by atoms with Gasteiger partial charge in [0.15, 0.2) is 0 Å². The van der Waals surface area contributed by atoms with E-state index < -0.39 is 5.97 Å². The first kappa shape index (κ1) is 14.1. The second kappa shape index (κ2) is 5.85. The summed E-state index contributed by atoms with van der Waals surface area (Å²) in [6.45, 7) is 0. The van der Waals surface area contributed by atoms with Crippen LogP contribution < -0.4 is 5.32 Å². The number of anilines is 1. The number of benzene rings is 1. The van der Waals surface area contributed by atoms with Gasteiger partial charge in [-0.15, -0.1) is 11.3 Å². The van der Waals surface area contributed by atoms with E-state index in [4.69, 9.17) is 0 Å². The molecule has 21 heavy (non-hydrogen) atoms. The quantitative estimate of drug-likeness (QED) is 0.865. The fourth-order valence-electron chi connectivity index (χ4n) is 2.70. The summed E-state index contributed by atoms with van der Waals surface area (Å²) in [6.07, 6.45) is 3.14. The second-order valence-electron chi connectivity index (χ2n) is 5.07. The van der Waals surface area contributed by atoms with E-state index in [0.29, 0.717) is 11.3 Å². The van der Waals surface area contributed by atoms with Gasteiger partial charge in [-0.1, -0.05) is 0 Å². The van der Waals surface area contributed by atoms with Crippen LogP contribution in [0.15, 0.2) is 29.6 Å². The first-order valence-electron chi connectivity index (χ1n) is 6.89. The fraction of sp³-hybridized carbons (Fsp3) is 0.312. The molecule has 1 aliphatic rings. The molecule has 110 valence electrons. The van der Waals surface area contributed by atoms with E-state index in [9.17, 15) is 9.18 Å². The molecular weight excluding hydrogens is 289 g/mol. The number of esters is 1. The zero-order valence-corrected chi connectivity index (χ0v) is 12.5. The van der Waals surface area contributed by atoms with Crippen molar-refractivity contribution in [2.24, 2.45) is 0 Å². The Labute approximate surface area is 126 Å². The van der Waals surface area contributed by atoms with Crippen molar-refractivity contribution >= 4 is 23.0 Å². The third-order valence-electron chi connectivity index (χ3n) is 3.77. The molecule has 0 bridgehead atoms. The molecule has 0 saturated heterocycles. The van der Waals surface area contributed by atoms with E-state index in [1.165, 1.54) is 35.7 Å². The topological polar surface area (TPSA) is 38.3 Å². The summed E-state index contributed by atoms with van der Waals surface area (Å²) in [5.41, 5.74) is 1.94. The normalized spacial score (nSPS) is 17.1. The van der Waals surface area contributed by atoms with Crippen molar-refractivity contribution in [3.8, 4) is 0 Å². The van der Waals surface area contributed by atoms with Gasteiger partial charge in [0.05, 0.1) is 24.4 Å². The van der Waals surface area contributed by atoms with Crippen LogP contribution in [0.4, 0.5) is 10.1 Å². The number of rotatable bonds is 3. The van der Waals surface area contributed by atoms with Crippen molar-refractivity contribution in [1.82, 2.24) is 0 Å². The lowest BCUT2D eigenvalue weighted by Gasteiger charge is -2.25. The molecule has 1 aromatic carbocycles. The van der Waals surface area contributed by atoms with Gasteiger partial charge in [-0.2, -0.15) is 0 Å². The van der Waals surface area contributed by atoms with Crippen LogP contribution in [0.3, 0.4) is 0 Å². The Bertz CT molecular complexity index is 668. The molecule has 1 N–H and O–H groups in total. The molecule has 2 aromatic rings. The molecule has 0 spiro atoms. The maximum Gasteiger partial charge on any atom is 0.337 e. The minimum Gasteiger partial charge on any atom is -0.465 e. The van der Waals surface area contributed by atoms with Crippen LogP contribution in [0, 0.1) is 5.82 Å². The van der Waals surface area contributed by atoms with Crippen molar-refractivity contribution < 1.29 is 13.9 Å². The van der Waals surface area contributed by atoms with Gasteiger partial charge in [-0.05, 0) is 54.5 Å². The van der Waals surface area contributed by atoms with E-state index in [1.807, 2.05) is 0 Å². The van der Waals surface area contributed by atoms with Crippen LogP contribution in [0.2, 0.25) is 0 Å². The number of carbonyl (C=O) groups excluding carboxylic acids is 1. The number of aryl methyl sites for hydroxylation is 1. The van der Waals surface area contributed by atoms with Crippen LogP contribution in [0.5, 0.6) is 0 Å². The molecule has 1 atom stereocenters. The molecule has 3 rings (SSSR count). The first-order valence-corrected chi connectivity index (χ1v) is 7.77. The van der Waals surface area contributed by atoms with Crippen LogP contribution in [0.25, 0.3) is 0 Å². The molecule has 5 heteroatoms. The molecule has 1 aliphatic carbocycles. The van der Waals surface area contributed by atoms with Gasteiger partial charge in [0.1, 0.15) is 5.82 Å². The number of ether oxygens (including phenoxy) is 1. The largest absolute Gasteiger partial charge is 0.465 e. The Morgan fingerprint density at radius 2 is 2.29 bits per heavy atom. The molecule has 1 aromatic heterocycles. The predicted molar refractivity (Wildman–Crippen MR) is 81.4 cm³/mol. The van der Waals surface area contributed by atoms with Crippen molar-refractivity contribution in [3.63, 3.8) is 0 Å². The van der Waals surface area contributed by atoms with E-state index in [2.05, 4.69) is 21.5 Å². The lowest BCUT2D eigenvalue weighted by atomic mass is 9.94. The van der Waals surface area contributed by atoms with Gasteiger partial charge in [-0.3, -0.25) is 0 Å². The number of hydrogen-bond acceptors (Lipinski definition) is 4. The van der Waals surface area contributed by atoms with Crippen molar-refractivity contribution in [1.29, 1.82) is 0 Å². The monoisotopic (exact) mass is 305 g/mol. The maximum atomic E-state index is 14.0. The van der Waals surface area contributed by atoms with Gasteiger partial charge in [-0.25, -0.2) is 9.18 Å². The number of halogens is 1. The summed E-state index contributed by atoms with van der Waals surface area (Å²) in [7, 11) is 1.32. The fourth-order valence-corrected chi connectivity index (χ4v) is 3.69. The predicted octanol–water partition coefficient (Wildman–Crippen LogP) is 4.16. The molecule has 1 unspecified atom stereocenters. The summed E-state index contributed by atoms with van der Waals surface area (Å²) in [5, 5.41) is 5.31. The molecule has 0 aliphatic heterocycles. The van der Waals surface area contributed by atoms with Crippen molar-refractivity contribution in [3.05, 3.63) is 51.5 Å². The first-order chi connectivity index (χ1) is 10.2. The molecule has 0 fully saturated rings. The third kappa shape index (κ3) is 2.78. The van der Waals surface area contributed by atoms with Crippen LogP contribution in [-0.4, -0.2) is 13.1 Å². The van der Waals surface area contributed by atoms with E-state index in [0.717, 1.165) is 19.3 Å². The average Bonchev–Trinajstić information content (AvgIpc) is 2.98. The number of hydrogen-bond donors (Lipinski definition) is 1. The average molecular weight is 305 g/mol. The number of methoxy groups -OCH3 is 1. The Morgan fingerprint density at radius 3 is 3.10 bits per heavy atom. The SMILES string of the molecule is COC(=O)c1ccc(F)c(NC2CCCc3sccc32)c1. The number of fused-ring (bicyclic) bond motifs is 1. The van der Waals surface area contributed by atoms with Crippen LogP contribution >= 0.6 is 11.3 Å². The summed E-state index contributed by atoms with van der Waals surface area (Å²) in [4.78, 5) is 12.9. The Hall–Kier alpha value is -1.88. The zero-order valence-electron chi connectivity index (χ0n) is 11.7. The number of nitrogens with one attached hydrogen (secondary N) is 1. The highest BCUT2D eigenvalue weighted by atomic mass is 32.1. The third-order valence-corrected chi connectivity index (χ3v) is 4.77.